The number of benzene rings is 1. The highest BCUT2D eigenvalue weighted by Gasteiger charge is 2.19. The summed E-state index contributed by atoms with van der Waals surface area (Å²) in [7, 11) is 0. The van der Waals surface area contributed by atoms with Crippen LogP contribution in [0, 0.1) is 5.82 Å². The molecule has 0 saturated carbocycles. The van der Waals surface area contributed by atoms with Gasteiger partial charge in [0.25, 0.3) is 0 Å². The molecule has 0 N–H and O–H groups in total. The second-order valence-corrected chi connectivity index (χ2v) is 4.62. The molecule has 1 fully saturated rings. The Morgan fingerprint density at radius 3 is 2.81 bits per heavy atom. The minimum Gasteiger partial charge on any atom is -0.378 e. The summed E-state index contributed by atoms with van der Waals surface area (Å²) < 4.78 is 18.8. The van der Waals surface area contributed by atoms with Crippen molar-refractivity contribution >= 4 is 5.91 Å². The molecule has 1 amide bonds. The van der Waals surface area contributed by atoms with Crippen LogP contribution in [0.5, 0.6) is 0 Å². The average Bonchev–Trinajstić information content (AvgIpc) is 2.97. The van der Waals surface area contributed by atoms with Crippen LogP contribution >= 0.6 is 0 Å². The van der Waals surface area contributed by atoms with Crippen LogP contribution in [-0.2, 0) is 16.1 Å². The van der Waals surface area contributed by atoms with Crippen molar-refractivity contribution in [2.75, 3.05) is 26.3 Å². The number of carbonyl (C=O) groups is 1. The lowest BCUT2D eigenvalue weighted by molar-refractivity contribution is -0.136. The number of carbonyl (C=O) groups excluding carboxylic acids is 1. The first-order valence-corrected chi connectivity index (χ1v) is 6.62. The van der Waals surface area contributed by atoms with Crippen LogP contribution in [0.3, 0.4) is 0 Å². The van der Waals surface area contributed by atoms with E-state index in [2.05, 4.69) is 15.4 Å². The Morgan fingerprint density at radius 1 is 1.29 bits per heavy atom. The summed E-state index contributed by atoms with van der Waals surface area (Å²) in [5.41, 5.74) is 0.266. The minimum atomic E-state index is -0.420. The van der Waals surface area contributed by atoms with Crippen molar-refractivity contribution in [3.05, 3.63) is 30.1 Å². The van der Waals surface area contributed by atoms with Gasteiger partial charge in [-0.1, -0.05) is 12.1 Å². The Bertz CT molecular complexity index is 639. The lowest BCUT2D eigenvalue weighted by atomic mass is 10.2. The molecule has 0 aliphatic carbocycles. The quantitative estimate of drug-likeness (QED) is 0.815. The maximum absolute atomic E-state index is 13.6. The molecule has 1 aromatic heterocycles. The maximum atomic E-state index is 13.6. The first kappa shape index (κ1) is 13.6. The summed E-state index contributed by atoms with van der Waals surface area (Å²) in [4.78, 5) is 14.9. The summed E-state index contributed by atoms with van der Waals surface area (Å²) in [6, 6.07) is 6.18. The highest BCUT2D eigenvalue weighted by atomic mass is 19.1. The highest BCUT2D eigenvalue weighted by molar-refractivity contribution is 5.75. The molecule has 3 rings (SSSR count). The molecule has 1 aromatic carbocycles. The van der Waals surface area contributed by atoms with Gasteiger partial charge in [-0.05, 0) is 17.3 Å². The van der Waals surface area contributed by atoms with Crippen molar-refractivity contribution in [3.63, 3.8) is 0 Å². The standard InChI is InChI=1S/C13H14FN5O2/c14-11-4-2-1-3-10(11)13-15-17-19(16-13)9-12(20)18-5-7-21-8-6-18/h1-4H,5-9H2. The van der Waals surface area contributed by atoms with Crippen LogP contribution in [0.25, 0.3) is 11.4 Å². The van der Waals surface area contributed by atoms with E-state index in [0.29, 0.717) is 26.3 Å². The second kappa shape index (κ2) is 5.96. The normalized spacial score (nSPS) is 15.2. The second-order valence-electron chi connectivity index (χ2n) is 4.62. The van der Waals surface area contributed by atoms with Gasteiger partial charge in [0.05, 0.1) is 18.8 Å². The third-order valence-electron chi connectivity index (χ3n) is 3.21. The Kier molecular flexibility index (Phi) is 3.87. The van der Waals surface area contributed by atoms with Gasteiger partial charge in [-0.3, -0.25) is 4.79 Å². The van der Waals surface area contributed by atoms with Gasteiger partial charge in [0.15, 0.2) is 0 Å². The number of ether oxygens (including phenoxy) is 1. The summed E-state index contributed by atoms with van der Waals surface area (Å²) in [5.74, 6) is -0.352. The number of hydrogen-bond donors (Lipinski definition) is 0. The molecule has 0 bridgehead atoms. The van der Waals surface area contributed by atoms with Gasteiger partial charge in [-0.2, -0.15) is 4.80 Å². The Morgan fingerprint density at radius 2 is 2.05 bits per heavy atom. The van der Waals surface area contributed by atoms with Gasteiger partial charge in [0.1, 0.15) is 12.4 Å². The third kappa shape index (κ3) is 3.05. The Hall–Kier alpha value is -2.35. The van der Waals surface area contributed by atoms with Crippen LogP contribution in [0.1, 0.15) is 0 Å². The van der Waals surface area contributed by atoms with Crippen molar-refractivity contribution in [3.8, 4) is 11.4 Å². The fourth-order valence-corrected chi connectivity index (χ4v) is 2.09. The molecule has 0 radical (unpaired) electrons. The summed E-state index contributed by atoms with van der Waals surface area (Å²) in [6.45, 7) is 2.19. The zero-order valence-corrected chi connectivity index (χ0v) is 11.3. The number of amides is 1. The van der Waals surface area contributed by atoms with E-state index in [4.69, 9.17) is 4.74 Å². The monoisotopic (exact) mass is 291 g/mol. The Balaban J connectivity index is 1.70. The molecule has 0 atom stereocenters. The minimum absolute atomic E-state index is 0.0124. The van der Waals surface area contributed by atoms with Crippen LogP contribution in [-0.4, -0.2) is 57.3 Å². The lowest BCUT2D eigenvalue weighted by Gasteiger charge is -2.26. The first-order chi connectivity index (χ1) is 10.2. The van der Waals surface area contributed by atoms with E-state index in [1.807, 2.05) is 0 Å². The van der Waals surface area contributed by atoms with Crippen molar-refractivity contribution < 1.29 is 13.9 Å². The molecule has 1 aliphatic heterocycles. The number of tetrazole rings is 1. The van der Waals surface area contributed by atoms with E-state index in [0.717, 1.165) is 0 Å². The molecular formula is C13H14FN5O2. The van der Waals surface area contributed by atoms with Gasteiger partial charge in [0.2, 0.25) is 11.7 Å². The molecular weight excluding hydrogens is 277 g/mol. The largest absolute Gasteiger partial charge is 0.378 e. The number of aromatic nitrogens is 4. The van der Waals surface area contributed by atoms with Crippen LogP contribution in [0.4, 0.5) is 4.39 Å². The van der Waals surface area contributed by atoms with Gasteiger partial charge < -0.3 is 9.64 Å². The molecule has 110 valence electrons. The lowest BCUT2D eigenvalue weighted by Crippen LogP contribution is -2.42. The van der Waals surface area contributed by atoms with Gasteiger partial charge >= 0.3 is 0 Å². The van der Waals surface area contributed by atoms with E-state index in [-0.39, 0.29) is 23.8 Å². The van der Waals surface area contributed by atoms with E-state index >= 15 is 0 Å². The summed E-state index contributed by atoms with van der Waals surface area (Å²) in [5, 5.41) is 11.6. The van der Waals surface area contributed by atoms with Crippen molar-refractivity contribution in [1.29, 1.82) is 0 Å². The number of hydrogen-bond acceptors (Lipinski definition) is 5. The van der Waals surface area contributed by atoms with E-state index < -0.39 is 5.82 Å². The van der Waals surface area contributed by atoms with Crippen LogP contribution in [0.2, 0.25) is 0 Å². The Labute approximate surface area is 120 Å². The number of nitrogens with zero attached hydrogens (tertiary/aromatic N) is 5. The van der Waals surface area contributed by atoms with Crippen LogP contribution < -0.4 is 0 Å². The zero-order valence-electron chi connectivity index (χ0n) is 11.3. The predicted molar refractivity (Wildman–Crippen MR) is 70.6 cm³/mol. The SMILES string of the molecule is O=C(Cn1nnc(-c2ccccc2F)n1)N1CCOCC1. The van der Waals surface area contributed by atoms with Gasteiger partial charge in [-0.25, -0.2) is 4.39 Å². The highest BCUT2D eigenvalue weighted by Crippen LogP contribution is 2.17. The third-order valence-corrected chi connectivity index (χ3v) is 3.21. The van der Waals surface area contributed by atoms with Crippen molar-refractivity contribution in [2.45, 2.75) is 6.54 Å². The summed E-state index contributed by atoms with van der Waals surface area (Å²) >= 11 is 0. The number of morpholine rings is 1. The molecule has 2 aromatic rings. The van der Waals surface area contributed by atoms with Gasteiger partial charge in [-0.15, -0.1) is 10.2 Å². The maximum Gasteiger partial charge on any atom is 0.246 e. The van der Waals surface area contributed by atoms with E-state index in [1.54, 1.807) is 23.1 Å². The molecule has 0 spiro atoms. The number of rotatable bonds is 3. The molecule has 1 aliphatic rings. The topological polar surface area (TPSA) is 73.1 Å². The molecule has 7 nitrogen and oxygen atoms in total. The van der Waals surface area contributed by atoms with Crippen LogP contribution in [0.15, 0.2) is 24.3 Å². The molecule has 1 saturated heterocycles. The zero-order chi connectivity index (χ0) is 14.7. The van der Waals surface area contributed by atoms with Crippen molar-refractivity contribution in [2.24, 2.45) is 0 Å². The smallest absolute Gasteiger partial charge is 0.246 e. The fraction of sp³-hybridized carbons (Fsp3) is 0.385. The molecule has 8 heteroatoms. The fourth-order valence-electron chi connectivity index (χ4n) is 2.09. The van der Waals surface area contributed by atoms with E-state index in [1.165, 1.54) is 10.9 Å². The number of halogens is 1. The average molecular weight is 291 g/mol. The molecule has 0 unspecified atom stereocenters. The van der Waals surface area contributed by atoms with Gasteiger partial charge in [0, 0.05) is 13.1 Å². The molecule has 21 heavy (non-hydrogen) atoms. The summed E-state index contributed by atoms with van der Waals surface area (Å²) in [6.07, 6.45) is 0. The van der Waals surface area contributed by atoms with E-state index in [9.17, 15) is 9.18 Å². The molecule has 2 heterocycles. The first-order valence-electron chi connectivity index (χ1n) is 6.62. The van der Waals surface area contributed by atoms with Crippen molar-refractivity contribution in [1.82, 2.24) is 25.1 Å². The predicted octanol–water partition coefficient (Wildman–Crippen LogP) is 0.338.